The van der Waals surface area contributed by atoms with Crippen molar-refractivity contribution in [2.24, 2.45) is 0 Å². The molecule has 2 rings (SSSR count). The fourth-order valence-electron chi connectivity index (χ4n) is 2.05. The first kappa shape index (κ1) is 11.7. The Kier molecular flexibility index (Phi) is 3.49. The lowest BCUT2D eigenvalue weighted by atomic mass is 9.99. The Morgan fingerprint density at radius 1 is 1.18 bits per heavy atom. The van der Waals surface area contributed by atoms with Gasteiger partial charge in [-0.15, -0.1) is 0 Å². The molecule has 0 radical (unpaired) electrons. The molecule has 2 aromatic rings. The van der Waals surface area contributed by atoms with Gasteiger partial charge in [0.05, 0.1) is 6.04 Å². The SMILES string of the molecule is CNC(c1cccnc1)c1ccc(C)nc1C. The first-order valence-corrected chi connectivity index (χ1v) is 5.73. The van der Waals surface area contributed by atoms with E-state index < -0.39 is 0 Å². The van der Waals surface area contributed by atoms with E-state index >= 15 is 0 Å². The van der Waals surface area contributed by atoms with E-state index in [1.165, 1.54) is 5.56 Å². The van der Waals surface area contributed by atoms with Crippen molar-refractivity contribution in [1.29, 1.82) is 0 Å². The Balaban J connectivity index is 2.42. The fourth-order valence-corrected chi connectivity index (χ4v) is 2.05. The van der Waals surface area contributed by atoms with Crippen LogP contribution in [0, 0.1) is 13.8 Å². The summed E-state index contributed by atoms with van der Waals surface area (Å²) >= 11 is 0. The lowest BCUT2D eigenvalue weighted by Gasteiger charge is -2.18. The van der Waals surface area contributed by atoms with E-state index in [0.29, 0.717) is 0 Å². The van der Waals surface area contributed by atoms with Crippen LogP contribution in [-0.2, 0) is 0 Å². The van der Waals surface area contributed by atoms with Crippen LogP contribution in [0.5, 0.6) is 0 Å². The number of hydrogen-bond acceptors (Lipinski definition) is 3. The highest BCUT2D eigenvalue weighted by Crippen LogP contribution is 2.23. The van der Waals surface area contributed by atoms with Gasteiger partial charge in [-0.2, -0.15) is 0 Å². The molecule has 17 heavy (non-hydrogen) atoms. The molecule has 0 aromatic carbocycles. The lowest BCUT2D eigenvalue weighted by molar-refractivity contribution is 0.679. The molecule has 88 valence electrons. The predicted octanol–water partition coefficient (Wildman–Crippen LogP) is 2.40. The monoisotopic (exact) mass is 227 g/mol. The van der Waals surface area contributed by atoms with Crippen molar-refractivity contribution in [1.82, 2.24) is 15.3 Å². The number of nitrogens with one attached hydrogen (secondary N) is 1. The second-order valence-electron chi connectivity index (χ2n) is 4.14. The Morgan fingerprint density at radius 2 is 2.00 bits per heavy atom. The maximum absolute atomic E-state index is 4.51. The van der Waals surface area contributed by atoms with Crippen LogP contribution in [-0.4, -0.2) is 17.0 Å². The van der Waals surface area contributed by atoms with Crippen molar-refractivity contribution in [2.45, 2.75) is 19.9 Å². The van der Waals surface area contributed by atoms with Gasteiger partial charge in [0.25, 0.3) is 0 Å². The molecule has 0 aliphatic heterocycles. The summed E-state index contributed by atoms with van der Waals surface area (Å²) < 4.78 is 0. The minimum Gasteiger partial charge on any atom is -0.309 e. The third kappa shape index (κ3) is 2.50. The zero-order valence-corrected chi connectivity index (χ0v) is 10.4. The number of hydrogen-bond donors (Lipinski definition) is 1. The Morgan fingerprint density at radius 3 is 2.59 bits per heavy atom. The summed E-state index contributed by atoms with van der Waals surface area (Å²) in [5, 5.41) is 3.31. The minimum absolute atomic E-state index is 0.150. The van der Waals surface area contributed by atoms with E-state index in [-0.39, 0.29) is 6.04 Å². The van der Waals surface area contributed by atoms with Gasteiger partial charge in [0.2, 0.25) is 0 Å². The van der Waals surface area contributed by atoms with Gasteiger partial charge < -0.3 is 5.32 Å². The van der Waals surface area contributed by atoms with E-state index in [4.69, 9.17) is 0 Å². The molecule has 0 spiro atoms. The van der Waals surface area contributed by atoms with E-state index in [9.17, 15) is 0 Å². The zero-order chi connectivity index (χ0) is 12.3. The maximum Gasteiger partial charge on any atom is 0.0607 e. The van der Waals surface area contributed by atoms with Gasteiger partial charge in [-0.05, 0) is 44.2 Å². The lowest BCUT2D eigenvalue weighted by Crippen LogP contribution is -2.19. The van der Waals surface area contributed by atoms with Gasteiger partial charge in [-0.1, -0.05) is 12.1 Å². The highest BCUT2D eigenvalue weighted by molar-refractivity contribution is 5.33. The van der Waals surface area contributed by atoms with Gasteiger partial charge in [0.1, 0.15) is 0 Å². The molecule has 3 heteroatoms. The average Bonchev–Trinajstić information content (AvgIpc) is 2.34. The molecule has 0 saturated carbocycles. The molecule has 1 unspecified atom stereocenters. The summed E-state index contributed by atoms with van der Waals surface area (Å²) in [4.78, 5) is 8.67. The molecule has 0 fully saturated rings. The summed E-state index contributed by atoms with van der Waals surface area (Å²) in [6.07, 6.45) is 3.68. The van der Waals surface area contributed by atoms with Crippen LogP contribution in [0.2, 0.25) is 0 Å². The first-order valence-electron chi connectivity index (χ1n) is 5.73. The minimum atomic E-state index is 0.150. The van der Waals surface area contributed by atoms with Crippen LogP contribution in [0.25, 0.3) is 0 Å². The molecule has 0 amide bonds. The van der Waals surface area contributed by atoms with Crippen LogP contribution in [0.15, 0.2) is 36.7 Å². The van der Waals surface area contributed by atoms with E-state index in [1.54, 1.807) is 6.20 Å². The molecule has 3 nitrogen and oxygen atoms in total. The molecule has 0 aliphatic carbocycles. The average molecular weight is 227 g/mol. The van der Waals surface area contributed by atoms with Crippen LogP contribution in [0.4, 0.5) is 0 Å². The molecular formula is C14H17N3. The second kappa shape index (κ2) is 5.06. The van der Waals surface area contributed by atoms with Gasteiger partial charge >= 0.3 is 0 Å². The van der Waals surface area contributed by atoms with E-state index in [2.05, 4.69) is 27.4 Å². The van der Waals surface area contributed by atoms with Crippen LogP contribution in [0.3, 0.4) is 0 Å². The van der Waals surface area contributed by atoms with E-state index in [1.807, 2.05) is 39.2 Å². The third-order valence-electron chi connectivity index (χ3n) is 2.88. The summed E-state index contributed by atoms with van der Waals surface area (Å²) in [5.74, 6) is 0. The maximum atomic E-state index is 4.51. The van der Waals surface area contributed by atoms with Crippen LogP contribution >= 0.6 is 0 Å². The van der Waals surface area contributed by atoms with Crippen LogP contribution in [0.1, 0.15) is 28.6 Å². The number of rotatable bonds is 3. The molecule has 0 aliphatic rings. The van der Waals surface area contributed by atoms with Crippen molar-refractivity contribution < 1.29 is 0 Å². The molecule has 2 heterocycles. The number of pyridine rings is 2. The van der Waals surface area contributed by atoms with Crippen molar-refractivity contribution in [3.05, 3.63) is 59.2 Å². The Labute approximate surface area is 102 Å². The summed E-state index contributed by atoms with van der Waals surface area (Å²) in [6.45, 7) is 4.05. The summed E-state index contributed by atoms with van der Waals surface area (Å²) in [6, 6.07) is 8.36. The van der Waals surface area contributed by atoms with Crippen molar-refractivity contribution in [2.75, 3.05) is 7.05 Å². The second-order valence-corrected chi connectivity index (χ2v) is 4.14. The fraction of sp³-hybridized carbons (Fsp3) is 0.286. The molecule has 0 bridgehead atoms. The van der Waals surface area contributed by atoms with Crippen molar-refractivity contribution >= 4 is 0 Å². The molecular weight excluding hydrogens is 210 g/mol. The third-order valence-corrected chi connectivity index (χ3v) is 2.88. The number of nitrogens with zero attached hydrogens (tertiary/aromatic N) is 2. The normalized spacial score (nSPS) is 12.4. The van der Waals surface area contributed by atoms with Gasteiger partial charge in [-0.3, -0.25) is 9.97 Å². The number of aromatic nitrogens is 2. The number of aryl methyl sites for hydroxylation is 2. The van der Waals surface area contributed by atoms with Gasteiger partial charge in [0, 0.05) is 23.8 Å². The van der Waals surface area contributed by atoms with Crippen molar-refractivity contribution in [3.63, 3.8) is 0 Å². The first-order chi connectivity index (χ1) is 8.22. The Hall–Kier alpha value is -1.74. The van der Waals surface area contributed by atoms with Crippen molar-refractivity contribution in [3.8, 4) is 0 Å². The zero-order valence-electron chi connectivity index (χ0n) is 10.4. The molecule has 0 saturated heterocycles. The summed E-state index contributed by atoms with van der Waals surface area (Å²) in [7, 11) is 1.96. The standard InChI is InChI=1S/C14H17N3/c1-10-6-7-13(11(2)17-10)14(15-3)12-5-4-8-16-9-12/h4-9,14-15H,1-3H3. The van der Waals surface area contributed by atoms with Crippen LogP contribution < -0.4 is 5.32 Å². The van der Waals surface area contributed by atoms with Gasteiger partial charge in [-0.25, -0.2) is 0 Å². The smallest absolute Gasteiger partial charge is 0.0607 e. The predicted molar refractivity (Wildman–Crippen MR) is 68.9 cm³/mol. The molecule has 2 aromatic heterocycles. The topological polar surface area (TPSA) is 37.8 Å². The van der Waals surface area contributed by atoms with E-state index in [0.717, 1.165) is 17.0 Å². The highest BCUT2D eigenvalue weighted by Gasteiger charge is 2.14. The van der Waals surface area contributed by atoms with Gasteiger partial charge in [0.15, 0.2) is 0 Å². The quantitative estimate of drug-likeness (QED) is 0.875. The molecule has 1 N–H and O–H groups in total. The molecule has 1 atom stereocenters. The Bertz CT molecular complexity index is 494. The highest BCUT2D eigenvalue weighted by atomic mass is 14.9. The largest absolute Gasteiger partial charge is 0.309 e. The summed E-state index contributed by atoms with van der Waals surface area (Å²) in [5.41, 5.74) is 4.47.